The molecule has 0 unspecified atom stereocenters. The molecule has 0 bridgehead atoms. The summed E-state index contributed by atoms with van der Waals surface area (Å²) in [6.07, 6.45) is 4.92. The number of ether oxygens (including phenoxy) is 1. The quantitative estimate of drug-likeness (QED) is 0.666. The summed E-state index contributed by atoms with van der Waals surface area (Å²) < 4.78 is 5.88. The number of nitrogens with one attached hydrogen (secondary N) is 1. The molecule has 0 heterocycles. The van der Waals surface area contributed by atoms with Gasteiger partial charge in [0.1, 0.15) is 18.2 Å². The van der Waals surface area contributed by atoms with Crippen LogP contribution in [-0.2, 0) is 19.4 Å². The van der Waals surface area contributed by atoms with Gasteiger partial charge in [-0.2, -0.15) is 0 Å². The standard InChI is InChI=1S/C18H20N2O/c19-18(20)16-7-3-4-13(10-16)12-21-17-9-8-14-5-1-2-6-15(14)11-17/h3-4,7-11H,1-2,5-6,12H2,(H3,19,20). The summed E-state index contributed by atoms with van der Waals surface area (Å²) in [5.74, 6) is 1.01. The van der Waals surface area contributed by atoms with Crippen molar-refractivity contribution >= 4 is 5.84 Å². The van der Waals surface area contributed by atoms with Crippen LogP contribution in [0.4, 0.5) is 0 Å². The third-order valence-electron chi connectivity index (χ3n) is 3.96. The first kappa shape index (κ1) is 13.7. The molecule has 0 fully saturated rings. The molecule has 2 aromatic rings. The Morgan fingerprint density at radius 2 is 1.86 bits per heavy atom. The van der Waals surface area contributed by atoms with Gasteiger partial charge in [0.2, 0.25) is 0 Å². The second kappa shape index (κ2) is 6.00. The van der Waals surface area contributed by atoms with Crippen LogP contribution in [0, 0.1) is 5.41 Å². The zero-order valence-electron chi connectivity index (χ0n) is 12.1. The Hall–Kier alpha value is -2.29. The number of rotatable bonds is 4. The van der Waals surface area contributed by atoms with Crippen molar-refractivity contribution in [2.75, 3.05) is 0 Å². The highest BCUT2D eigenvalue weighted by atomic mass is 16.5. The zero-order chi connectivity index (χ0) is 14.7. The normalized spacial score (nSPS) is 13.5. The Kier molecular flexibility index (Phi) is 3.91. The molecule has 0 radical (unpaired) electrons. The van der Waals surface area contributed by atoms with E-state index in [1.165, 1.54) is 30.4 Å². The van der Waals surface area contributed by atoms with E-state index in [4.69, 9.17) is 15.9 Å². The van der Waals surface area contributed by atoms with E-state index in [0.29, 0.717) is 6.61 Å². The number of nitrogen functional groups attached to an aromatic ring is 1. The maximum atomic E-state index is 7.47. The lowest BCUT2D eigenvalue weighted by Crippen LogP contribution is -2.11. The van der Waals surface area contributed by atoms with Gasteiger partial charge in [0.05, 0.1) is 0 Å². The predicted molar refractivity (Wildman–Crippen MR) is 84.9 cm³/mol. The minimum atomic E-state index is 0.0885. The average Bonchev–Trinajstić information content (AvgIpc) is 2.53. The summed E-state index contributed by atoms with van der Waals surface area (Å²) in [4.78, 5) is 0. The first-order valence-corrected chi connectivity index (χ1v) is 7.40. The minimum Gasteiger partial charge on any atom is -0.489 e. The Morgan fingerprint density at radius 1 is 1.05 bits per heavy atom. The van der Waals surface area contributed by atoms with Gasteiger partial charge >= 0.3 is 0 Å². The van der Waals surface area contributed by atoms with Crippen LogP contribution in [0.5, 0.6) is 5.75 Å². The maximum Gasteiger partial charge on any atom is 0.122 e. The largest absolute Gasteiger partial charge is 0.489 e. The number of aryl methyl sites for hydroxylation is 2. The zero-order valence-corrected chi connectivity index (χ0v) is 12.1. The van der Waals surface area contributed by atoms with Gasteiger partial charge in [0.25, 0.3) is 0 Å². The van der Waals surface area contributed by atoms with E-state index >= 15 is 0 Å². The molecule has 3 heteroatoms. The third kappa shape index (κ3) is 3.24. The Bertz CT molecular complexity index is 664. The van der Waals surface area contributed by atoms with Crippen molar-refractivity contribution in [3.05, 3.63) is 64.7 Å². The molecule has 3 nitrogen and oxygen atoms in total. The molecule has 0 aromatic heterocycles. The van der Waals surface area contributed by atoms with Crippen LogP contribution >= 0.6 is 0 Å². The third-order valence-corrected chi connectivity index (χ3v) is 3.96. The first-order chi connectivity index (χ1) is 10.2. The van der Waals surface area contributed by atoms with Crippen LogP contribution in [0.2, 0.25) is 0 Å². The van der Waals surface area contributed by atoms with Crippen molar-refractivity contribution in [1.29, 1.82) is 5.41 Å². The van der Waals surface area contributed by atoms with Crippen molar-refractivity contribution < 1.29 is 4.74 Å². The highest BCUT2D eigenvalue weighted by Crippen LogP contribution is 2.25. The molecular formula is C18H20N2O. The fourth-order valence-corrected chi connectivity index (χ4v) is 2.79. The SMILES string of the molecule is N=C(N)c1cccc(COc2ccc3c(c2)CCCC3)c1. The fourth-order valence-electron chi connectivity index (χ4n) is 2.79. The lowest BCUT2D eigenvalue weighted by Gasteiger charge is -2.17. The highest BCUT2D eigenvalue weighted by Gasteiger charge is 2.10. The first-order valence-electron chi connectivity index (χ1n) is 7.40. The number of hydrogen-bond acceptors (Lipinski definition) is 2. The second-order valence-corrected chi connectivity index (χ2v) is 5.54. The molecule has 0 saturated heterocycles. The Morgan fingerprint density at radius 3 is 2.67 bits per heavy atom. The highest BCUT2D eigenvalue weighted by molar-refractivity contribution is 5.95. The van der Waals surface area contributed by atoms with Crippen LogP contribution < -0.4 is 10.5 Å². The second-order valence-electron chi connectivity index (χ2n) is 5.54. The lowest BCUT2D eigenvalue weighted by atomic mass is 9.92. The van der Waals surface area contributed by atoms with Crippen molar-refractivity contribution in [2.45, 2.75) is 32.3 Å². The summed E-state index contributed by atoms with van der Waals surface area (Å²) in [5, 5.41) is 7.47. The molecule has 0 spiro atoms. The number of amidine groups is 1. The van der Waals surface area contributed by atoms with Gasteiger partial charge in [0.15, 0.2) is 0 Å². The van der Waals surface area contributed by atoms with Crippen LogP contribution in [0.25, 0.3) is 0 Å². The van der Waals surface area contributed by atoms with E-state index in [1.807, 2.05) is 24.3 Å². The molecule has 0 amide bonds. The van der Waals surface area contributed by atoms with Crippen molar-refractivity contribution in [3.8, 4) is 5.75 Å². The van der Waals surface area contributed by atoms with Crippen molar-refractivity contribution in [1.82, 2.24) is 0 Å². The molecule has 108 valence electrons. The monoisotopic (exact) mass is 280 g/mol. The van der Waals surface area contributed by atoms with Gasteiger partial charge in [-0.15, -0.1) is 0 Å². The smallest absolute Gasteiger partial charge is 0.122 e. The van der Waals surface area contributed by atoms with E-state index in [0.717, 1.165) is 23.3 Å². The molecule has 2 aromatic carbocycles. The van der Waals surface area contributed by atoms with Gasteiger partial charge in [-0.05, 0) is 60.6 Å². The van der Waals surface area contributed by atoms with Gasteiger partial charge in [-0.3, -0.25) is 5.41 Å². The van der Waals surface area contributed by atoms with Crippen LogP contribution in [-0.4, -0.2) is 5.84 Å². The topological polar surface area (TPSA) is 59.1 Å². The molecular weight excluding hydrogens is 260 g/mol. The number of hydrogen-bond donors (Lipinski definition) is 2. The molecule has 0 saturated carbocycles. The van der Waals surface area contributed by atoms with E-state index < -0.39 is 0 Å². The van der Waals surface area contributed by atoms with Gasteiger partial charge in [0, 0.05) is 5.56 Å². The molecule has 0 aliphatic heterocycles. The number of nitrogens with two attached hydrogens (primary N) is 1. The minimum absolute atomic E-state index is 0.0885. The average molecular weight is 280 g/mol. The van der Waals surface area contributed by atoms with Crippen molar-refractivity contribution in [2.24, 2.45) is 5.73 Å². The summed E-state index contributed by atoms with van der Waals surface area (Å²) in [5.41, 5.74) is 10.2. The molecule has 3 N–H and O–H groups in total. The van der Waals surface area contributed by atoms with Crippen molar-refractivity contribution in [3.63, 3.8) is 0 Å². The Labute approximate surface area is 125 Å². The van der Waals surface area contributed by atoms with E-state index in [2.05, 4.69) is 18.2 Å². The predicted octanol–water partition coefficient (Wildman–Crippen LogP) is 3.43. The summed E-state index contributed by atoms with van der Waals surface area (Å²) in [6.45, 7) is 0.500. The van der Waals surface area contributed by atoms with Crippen LogP contribution in [0.1, 0.15) is 35.1 Å². The molecule has 0 atom stereocenters. The van der Waals surface area contributed by atoms with Gasteiger partial charge < -0.3 is 10.5 Å². The number of fused-ring (bicyclic) bond motifs is 1. The molecule has 1 aliphatic rings. The summed E-state index contributed by atoms with van der Waals surface area (Å²) in [6, 6.07) is 14.1. The van der Waals surface area contributed by atoms with Gasteiger partial charge in [-0.1, -0.05) is 24.3 Å². The van der Waals surface area contributed by atoms with E-state index in [9.17, 15) is 0 Å². The maximum absolute atomic E-state index is 7.47. The fraction of sp³-hybridized carbons (Fsp3) is 0.278. The van der Waals surface area contributed by atoms with Crippen LogP contribution in [0.3, 0.4) is 0 Å². The molecule has 1 aliphatic carbocycles. The van der Waals surface area contributed by atoms with Crippen LogP contribution in [0.15, 0.2) is 42.5 Å². The van der Waals surface area contributed by atoms with E-state index in [1.54, 1.807) is 0 Å². The molecule has 21 heavy (non-hydrogen) atoms. The Balaban J connectivity index is 1.70. The lowest BCUT2D eigenvalue weighted by molar-refractivity contribution is 0.305. The van der Waals surface area contributed by atoms with E-state index in [-0.39, 0.29) is 5.84 Å². The summed E-state index contributed by atoms with van der Waals surface area (Å²) in [7, 11) is 0. The summed E-state index contributed by atoms with van der Waals surface area (Å²) >= 11 is 0. The number of benzene rings is 2. The molecule has 3 rings (SSSR count). The van der Waals surface area contributed by atoms with Gasteiger partial charge in [-0.25, -0.2) is 0 Å².